The third-order valence-corrected chi connectivity index (χ3v) is 15.3. The SMILES string of the molecule is CC1(C)C(=CC=C2CCC(C=CC3=[N+](CCCCS(=O)(=O)O)c4ccc(S(=O)(=O)[O-])cc4C3(C)C)=C2c2cccc(C(=O)O)c2)N(CCCCS(=O)(=O)O)c2ccc(S(=O)(=O)O)cc21.[NaH]. The summed E-state index contributed by atoms with van der Waals surface area (Å²) in [4.78, 5) is 13.4. The average molecular weight is 983 g/mol. The summed E-state index contributed by atoms with van der Waals surface area (Å²) in [6, 6.07) is 14.9. The van der Waals surface area contributed by atoms with Crippen molar-refractivity contribution in [2.45, 2.75) is 86.8 Å². The first kappa shape index (κ1) is 52.2. The summed E-state index contributed by atoms with van der Waals surface area (Å²) >= 11 is 0. The summed E-state index contributed by atoms with van der Waals surface area (Å²) in [5, 5.41) is 9.96. The molecule has 65 heavy (non-hydrogen) atoms. The minimum atomic E-state index is -4.80. The predicted octanol–water partition coefficient (Wildman–Crippen LogP) is 6.01. The summed E-state index contributed by atoms with van der Waals surface area (Å²) in [6.45, 7) is 8.11. The van der Waals surface area contributed by atoms with E-state index in [1.165, 1.54) is 30.3 Å². The number of carboxylic acids is 1. The number of unbranched alkanes of at least 4 members (excludes halogenated alkanes) is 2. The molecule has 0 saturated heterocycles. The monoisotopic (exact) mass is 982 g/mol. The van der Waals surface area contributed by atoms with Crippen LogP contribution in [-0.4, -0.2) is 127 Å². The van der Waals surface area contributed by atoms with Crippen LogP contribution in [0.25, 0.3) is 5.57 Å². The molecular weight excluding hydrogens is 932 g/mol. The van der Waals surface area contributed by atoms with Gasteiger partial charge in [-0.05, 0) is 122 Å². The van der Waals surface area contributed by atoms with Crippen LogP contribution in [0.2, 0.25) is 0 Å². The molecule has 0 aromatic heterocycles. The zero-order chi connectivity index (χ0) is 47.2. The van der Waals surface area contributed by atoms with Gasteiger partial charge < -0.3 is 14.6 Å². The second-order valence-corrected chi connectivity index (χ2v) is 23.0. The first-order valence-electron chi connectivity index (χ1n) is 20.3. The van der Waals surface area contributed by atoms with Gasteiger partial charge in [-0.3, -0.25) is 13.7 Å². The van der Waals surface area contributed by atoms with Gasteiger partial charge in [-0.15, -0.1) is 0 Å². The predicted molar refractivity (Wildman–Crippen MR) is 247 cm³/mol. The van der Waals surface area contributed by atoms with Crippen LogP contribution in [0.1, 0.15) is 93.3 Å². The van der Waals surface area contributed by atoms with E-state index in [1.807, 2.05) is 61.5 Å². The molecule has 3 aromatic carbocycles. The van der Waals surface area contributed by atoms with Gasteiger partial charge >= 0.3 is 35.5 Å². The van der Waals surface area contributed by atoms with Crippen molar-refractivity contribution in [3.05, 3.63) is 124 Å². The van der Waals surface area contributed by atoms with Crippen molar-refractivity contribution in [1.82, 2.24) is 0 Å². The molecule has 0 unspecified atom stereocenters. The van der Waals surface area contributed by atoms with Gasteiger partial charge in [0.15, 0.2) is 5.71 Å². The van der Waals surface area contributed by atoms with E-state index >= 15 is 0 Å². The molecule has 0 fully saturated rings. The van der Waals surface area contributed by atoms with Gasteiger partial charge in [0.1, 0.15) is 16.7 Å². The quantitative estimate of drug-likeness (QED) is 0.0522. The van der Waals surface area contributed by atoms with Crippen molar-refractivity contribution in [1.29, 1.82) is 0 Å². The Morgan fingerprint density at radius 1 is 0.754 bits per heavy atom. The molecule has 2 heterocycles. The Morgan fingerprint density at radius 3 is 2.00 bits per heavy atom. The molecule has 2 aliphatic heterocycles. The molecule has 0 spiro atoms. The second kappa shape index (κ2) is 19.4. The van der Waals surface area contributed by atoms with E-state index in [9.17, 15) is 61.8 Å². The summed E-state index contributed by atoms with van der Waals surface area (Å²) in [6.07, 6.45) is 9.56. The van der Waals surface area contributed by atoms with E-state index in [1.54, 1.807) is 30.3 Å². The van der Waals surface area contributed by atoms with E-state index in [0.717, 1.165) is 22.4 Å². The van der Waals surface area contributed by atoms with Crippen LogP contribution < -0.4 is 4.90 Å². The van der Waals surface area contributed by atoms with Crippen LogP contribution >= 0.6 is 0 Å². The second-order valence-electron chi connectivity index (χ2n) is 17.1. The Labute approximate surface area is 402 Å². The van der Waals surface area contributed by atoms with Crippen molar-refractivity contribution in [2.75, 3.05) is 29.5 Å². The van der Waals surface area contributed by atoms with Crippen molar-refractivity contribution in [2.24, 2.45) is 0 Å². The number of rotatable bonds is 17. The molecule has 0 atom stereocenters. The van der Waals surface area contributed by atoms with Crippen molar-refractivity contribution in [3.8, 4) is 0 Å². The maximum absolute atomic E-state index is 12.2. The van der Waals surface area contributed by atoms with Crippen LogP contribution in [0, 0.1) is 0 Å². The summed E-state index contributed by atoms with van der Waals surface area (Å²) in [5.41, 5.74) is 5.24. The Morgan fingerprint density at radius 2 is 1.38 bits per heavy atom. The number of hydrogen-bond acceptors (Lipinski definition) is 11. The standard InChI is InChI=1S/C44H50N2O14S4.Na.H/c1-43(2)35-27-33(63(55,56)57)16-18-37(35)45(22-5-7-24-61(49,50)51)39(43)20-14-29-12-13-30(41(29)31-10-9-11-32(26-31)42(47)48)15-21-40-44(3,4)36-28-34(64(58,59)60)17-19-38(36)46(40)23-6-8-25-62(52,53)54;;/h9-11,14-21,26-28H,5-8,12-13,22-25H2,1-4H3,(H4-,47,48,49,50,51,52,53,54,55,56,57,58,59,60);;. The first-order valence-corrected chi connectivity index (χ1v) is 26.4. The first-order chi connectivity index (χ1) is 29.6. The van der Waals surface area contributed by atoms with Gasteiger partial charge in [-0.25, -0.2) is 13.2 Å². The topological polar surface area (TPSA) is 264 Å². The Hall–Kier alpha value is -3.80. The molecule has 346 valence electrons. The normalized spacial score (nSPS) is 18.5. The van der Waals surface area contributed by atoms with Crippen LogP contribution in [0.3, 0.4) is 0 Å². The van der Waals surface area contributed by atoms with Crippen LogP contribution in [-0.2, 0) is 51.3 Å². The molecule has 16 nitrogen and oxygen atoms in total. The molecule has 0 saturated carbocycles. The number of benzene rings is 3. The summed E-state index contributed by atoms with van der Waals surface area (Å²) in [5.74, 6) is -2.03. The fourth-order valence-electron chi connectivity index (χ4n) is 8.81. The third-order valence-electron chi connectivity index (χ3n) is 12.0. The number of nitrogens with zero attached hydrogens (tertiary/aromatic N) is 2. The number of aromatic carboxylic acids is 1. The van der Waals surface area contributed by atoms with E-state index in [-0.39, 0.29) is 59.4 Å². The average Bonchev–Trinajstić information content (AvgIpc) is 3.76. The van der Waals surface area contributed by atoms with Gasteiger partial charge in [0.05, 0.1) is 32.3 Å². The minimum absolute atomic E-state index is 0. The number of allylic oxidation sites excluding steroid dienone is 8. The number of carboxylic acid groups (broad SMARTS) is 1. The molecule has 6 rings (SSSR count). The van der Waals surface area contributed by atoms with E-state index < -0.39 is 73.7 Å². The van der Waals surface area contributed by atoms with Gasteiger partial charge in [0, 0.05) is 47.5 Å². The van der Waals surface area contributed by atoms with Crippen molar-refractivity contribution in [3.63, 3.8) is 0 Å². The number of carbonyl (C=O) groups is 1. The molecule has 21 heteroatoms. The fraction of sp³-hybridized carbons (Fsp3) is 0.364. The van der Waals surface area contributed by atoms with Crippen molar-refractivity contribution >= 4 is 98.7 Å². The molecule has 0 amide bonds. The van der Waals surface area contributed by atoms with Crippen LogP contribution in [0.5, 0.6) is 0 Å². The Balaban J connectivity index is 0.00000793. The zero-order valence-electron chi connectivity index (χ0n) is 35.6. The molecule has 3 aliphatic rings. The van der Waals surface area contributed by atoms with Gasteiger partial charge in [-0.2, -0.15) is 29.8 Å². The molecule has 1 aliphatic carbocycles. The van der Waals surface area contributed by atoms with Gasteiger partial charge in [-0.1, -0.05) is 38.1 Å². The van der Waals surface area contributed by atoms with Crippen LogP contribution in [0.15, 0.2) is 112 Å². The number of anilines is 1. The fourth-order valence-corrected chi connectivity index (χ4v) is 11.0. The van der Waals surface area contributed by atoms with E-state index in [4.69, 9.17) is 0 Å². The number of hydrogen-bond donors (Lipinski definition) is 4. The molecule has 0 radical (unpaired) electrons. The Kier molecular flexibility index (Phi) is 15.6. The molecule has 3 aromatic rings. The zero-order valence-corrected chi connectivity index (χ0v) is 38.8. The summed E-state index contributed by atoms with van der Waals surface area (Å²) in [7, 11) is -17.8. The molecular formula is C44H51N2NaO14S4. The van der Waals surface area contributed by atoms with E-state index in [0.29, 0.717) is 66.0 Å². The summed E-state index contributed by atoms with van der Waals surface area (Å²) < 4.78 is 137. The van der Waals surface area contributed by atoms with Crippen molar-refractivity contribution < 1.29 is 66.4 Å². The van der Waals surface area contributed by atoms with Gasteiger partial charge in [0.2, 0.25) is 5.69 Å². The maximum atomic E-state index is 12.2. The van der Waals surface area contributed by atoms with E-state index in [2.05, 4.69) is 0 Å². The third kappa shape index (κ3) is 11.8. The van der Waals surface area contributed by atoms with Gasteiger partial charge in [0.25, 0.3) is 30.4 Å². The molecule has 0 bridgehead atoms. The van der Waals surface area contributed by atoms with Crippen LogP contribution in [0.4, 0.5) is 11.4 Å². The Bertz CT molecular complexity index is 3040. The number of fused-ring (bicyclic) bond motifs is 2. The molecule has 4 N–H and O–H groups in total.